The molecule has 0 amide bonds. The molecule has 0 fully saturated rings. The fourth-order valence-electron chi connectivity index (χ4n) is 12.3. The van der Waals surface area contributed by atoms with Gasteiger partial charge in [-0.05, 0) is 133 Å². The molecule has 0 bridgehead atoms. The molecule has 2 aliphatic heterocycles. The maximum absolute atomic E-state index is 6.65. The van der Waals surface area contributed by atoms with E-state index in [1.807, 2.05) is 23.5 Å². The molecule has 0 unspecified atom stereocenters. The molecular formula is C62H37NOS2. The van der Waals surface area contributed by atoms with Gasteiger partial charge in [-0.3, -0.25) is 0 Å². The number of nitrogens with zero attached hydrogens (tertiary/aromatic N) is 1. The van der Waals surface area contributed by atoms with E-state index < -0.39 is 10.8 Å². The molecule has 0 saturated heterocycles. The second kappa shape index (κ2) is 13.5. The Labute approximate surface area is 391 Å². The van der Waals surface area contributed by atoms with E-state index in [0.717, 1.165) is 39.0 Å². The van der Waals surface area contributed by atoms with E-state index in [0.29, 0.717) is 0 Å². The van der Waals surface area contributed by atoms with Gasteiger partial charge in [-0.1, -0.05) is 175 Å². The van der Waals surface area contributed by atoms with Crippen molar-refractivity contribution in [3.8, 4) is 22.3 Å². The molecule has 0 saturated carbocycles. The molecule has 0 radical (unpaired) electrons. The van der Waals surface area contributed by atoms with Crippen molar-refractivity contribution in [1.29, 1.82) is 0 Å². The summed E-state index contributed by atoms with van der Waals surface area (Å²) in [5, 5.41) is 2.24. The first-order chi connectivity index (χ1) is 32.7. The number of fused-ring (bicyclic) bond motifs is 21. The molecule has 0 N–H and O–H groups in total. The van der Waals surface area contributed by atoms with Gasteiger partial charge in [0.15, 0.2) is 0 Å². The summed E-state index contributed by atoms with van der Waals surface area (Å²) in [5.74, 6) is 0. The average molecular weight is 876 g/mol. The minimum atomic E-state index is -0.508. The zero-order chi connectivity index (χ0) is 43.1. The second-order valence-corrected chi connectivity index (χ2v) is 20.0. The van der Waals surface area contributed by atoms with E-state index in [4.69, 9.17) is 4.42 Å². The van der Waals surface area contributed by atoms with Gasteiger partial charge >= 0.3 is 0 Å². The monoisotopic (exact) mass is 875 g/mol. The number of para-hydroxylation sites is 1. The zero-order valence-corrected chi connectivity index (χ0v) is 37.2. The molecule has 11 aromatic rings. The van der Waals surface area contributed by atoms with Crippen molar-refractivity contribution < 1.29 is 4.42 Å². The van der Waals surface area contributed by atoms with E-state index in [-0.39, 0.29) is 0 Å². The van der Waals surface area contributed by atoms with Crippen molar-refractivity contribution in [2.45, 2.75) is 30.4 Å². The molecule has 15 rings (SSSR count). The first-order valence-corrected chi connectivity index (χ1v) is 24.3. The molecule has 2 aliphatic carbocycles. The van der Waals surface area contributed by atoms with Crippen LogP contribution in [0.25, 0.3) is 44.2 Å². The van der Waals surface area contributed by atoms with Crippen LogP contribution in [0.15, 0.2) is 248 Å². The molecule has 66 heavy (non-hydrogen) atoms. The van der Waals surface area contributed by atoms with Crippen LogP contribution in [0.3, 0.4) is 0 Å². The van der Waals surface area contributed by atoms with Gasteiger partial charge in [0, 0.05) is 53.5 Å². The molecule has 0 atom stereocenters. The van der Waals surface area contributed by atoms with E-state index in [1.54, 1.807) is 0 Å². The van der Waals surface area contributed by atoms with Gasteiger partial charge in [0.1, 0.15) is 11.2 Å². The molecule has 2 nitrogen and oxygen atoms in total. The van der Waals surface area contributed by atoms with Crippen molar-refractivity contribution in [2.75, 3.05) is 4.90 Å². The standard InChI is InChI=1S/C62H37NOS2/c1-4-18-47-41(15-1)43-32-29-38(35-53(43)61(47)49-20-6-11-25-57(49)65-58-26-12-7-21-50(58)61)63(40-31-34-46-45-17-3-10-24-55(45)64-56(46)37-40)39-30-33-44-42-16-2-5-19-48(42)62(54(44)36-39)51-22-8-13-27-59(51)66-60-28-14-9-23-52(60)62/h1-37H. The molecule has 4 aliphatic rings. The van der Waals surface area contributed by atoms with Gasteiger partial charge in [0.25, 0.3) is 0 Å². The maximum atomic E-state index is 6.65. The summed E-state index contributed by atoms with van der Waals surface area (Å²) in [6, 6.07) is 84.0. The quantitative estimate of drug-likeness (QED) is 0.176. The summed E-state index contributed by atoms with van der Waals surface area (Å²) in [6.45, 7) is 0. The number of hydrogen-bond acceptors (Lipinski definition) is 4. The summed E-state index contributed by atoms with van der Waals surface area (Å²) < 4.78 is 6.65. The minimum Gasteiger partial charge on any atom is -0.456 e. The third-order valence-corrected chi connectivity index (χ3v) is 17.1. The number of hydrogen-bond donors (Lipinski definition) is 0. The van der Waals surface area contributed by atoms with Crippen LogP contribution in [0.2, 0.25) is 0 Å². The molecular weight excluding hydrogens is 839 g/mol. The summed E-state index contributed by atoms with van der Waals surface area (Å²) in [7, 11) is 0. The van der Waals surface area contributed by atoms with E-state index in [9.17, 15) is 0 Å². The Kier molecular flexibility index (Phi) is 7.54. The van der Waals surface area contributed by atoms with E-state index >= 15 is 0 Å². The summed E-state index contributed by atoms with van der Waals surface area (Å²) in [6.07, 6.45) is 0. The van der Waals surface area contributed by atoms with Crippen molar-refractivity contribution in [1.82, 2.24) is 0 Å². The molecule has 308 valence electrons. The van der Waals surface area contributed by atoms with Gasteiger partial charge in [-0.15, -0.1) is 0 Å². The summed E-state index contributed by atoms with van der Waals surface area (Å²) in [4.78, 5) is 7.67. The molecule has 3 heterocycles. The van der Waals surface area contributed by atoms with Crippen LogP contribution in [0.4, 0.5) is 17.1 Å². The smallest absolute Gasteiger partial charge is 0.137 e. The number of benzene rings is 10. The fraction of sp³-hybridized carbons (Fsp3) is 0.0323. The maximum Gasteiger partial charge on any atom is 0.137 e. The first-order valence-electron chi connectivity index (χ1n) is 22.7. The van der Waals surface area contributed by atoms with Crippen LogP contribution >= 0.6 is 23.5 Å². The largest absolute Gasteiger partial charge is 0.456 e. The van der Waals surface area contributed by atoms with Crippen LogP contribution in [0.5, 0.6) is 0 Å². The van der Waals surface area contributed by atoms with Gasteiger partial charge in [-0.2, -0.15) is 0 Å². The predicted molar refractivity (Wildman–Crippen MR) is 271 cm³/mol. The lowest BCUT2D eigenvalue weighted by Gasteiger charge is -2.40. The lowest BCUT2D eigenvalue weighted by molar-refractivity contribution is 0.669. The number of furan rings is 1. The highest BCUT2D eigenvalue weighted by atomic mass is 32.2. The highest BCUT2D eigenvalue weighted by Gasteiger charge is 2.52. The Balaban J connectivity index is 1.02. The van der Waals surface area contributed by atoms with E-state index in [1.165, 1.54) is 86.3 Å². The van der Waals surface area contributed by atoms with Crippen LogP contribution in [0, 0.1) is 0 Å². The van der Waals surface area contributed by atoms with Gasteiger partial charge in [0.05, 0.1) is 10.8 Å². The van der Waals surface area contributed by atoms with Crippen LogP contribution in [-0.4, -0.2) is 0 Å². The Bertz CT molecular complexity index is 3590. The van der Waals surface area contributed by atoms with E-state index in [2.05, 4.69) is 229 Å². The molecule has 4 heteroatoms. The Morgan fingerprint density at radius 1 is 0.288 bits per heavy atom. The van der Waals surface area contributed by atoms with Crippen LogP contribution in [-0.2, 0) is 10.8 Å². The Morgan fingerprint density at radius 3 is 1.15 bits per heavy atom. The normalized spacial score (nSPS) is 14.8. The molecule has 10 aromatic carbocycles. The third-order valence-electron chi connectivity index (χ3n) is 14.8. The van der Waals surface area contributed by atoms with Gasteiger partial charge < -0.3 is 9.32 Å². The van der Waals surface area contributed by atoms with Crippen LogP contribution < -0.4 is 4.90 Å². The average Bonchev–Trinajstić information content (AvgIpc) is 3.99. The molecule has 2 spiro atoms. The first kappa shape index (κ1) is 36.8. The third kappa shape index (κ3) is 4.70. The second-order valence-electron chi connectivity index (χ2n) is 17.9. The van der Waals surface area contributed by atoms with Crippen molar-refractivity contribution in [3.63, 3.8) is 0 Å². The number of anilines is 3. The minimum absolute atomic E-state index is 0.508. The lowest BCUT2D eigenvalue weighted by atomic mass is 9.67. The summed E-state index contributed by atoms with van der Waals surface area (Å²) in [5.41, 5.74) is 19.7. The van der Waals surface area contributed by atoms with Crippen molar-refractivity contribution >= 4 is 62.5 Å². The summed E-state index contributed by atoms with van der Waals surface area (Å²) >= 11 is 3.77. The Morgan fingerprint density at radius 2 is 0.652 bits per heavy atom. The van der Waals surface area contributed by atoms with Crippen molar-refractivity contribution in [3.05, 3.63) is 269 Å². The lowest BCUT2D eigenvalue weighted by Crippen LogP contribution is -2.32. The predicted octanol–water partition coefficient (Wildman–Crippen LogP) is 16.7. The molecule has 1 aromatic heterocycles. The highest BCUT2D eigenvalue weighted by Crippen LogP contribution is 2.65. The Hall–Kier alpha value is -7.50. The van der Waals surface area contributed by atoms with Crippen molar-refractivity contribution in [2.24, 2.45) is 0 Å². The van der Waals surface area contributed by atoms with Gasteiger partial charge in [-0.25, -0.2) is 0 Å². The SMILES string of the molecule is c1ccc2c(c1)Sc1ccccc1C21c2ccccc2-c2ccc(N(c3ccc4c(c3)C3(c5ccccc5Sc5ccccc53)c3ccccc3-4)c3ccc4c(c3)oc3ccccc34)cc21. The van der Waals surface area contributed by atoms with Gasteiger partial charge in [0.2, 0.25) is 0 Å². The topological polar surface area (TPSA) is 16.4 Å². The fourth-order valence-corrected chi connectivity index (χ4v) is 14.6. The number of rotatable bonds is 3. The van der Waals surface area contributed by atoms with Crippen LogP contribution in [0.1, 0.15) is 44.5 Å². The zero-order valence-electron chi connectivity index (χ0n) is 35.5. The highest BCUT2D eigenvalue weighted by molar-refractivity contribution is 7.99.